The van der Waals surface area contributed by atoms with Crippen molar-refractivity contribution in [3.63, 3.8) is 0 Å². The van der Waals surface area contributed by atoms with Crippen molar-refractivity contribution in [1.82, 2.24) is 0 Å². The summed E-state index contributed by atoms with van der Waals surface area (Å²) in [4.78, 5) is 0. The molecule has 1 fully saturated rings. The molecule has 0 amide bonds. The van der Waals surface area contributed by atoms with Crippen LogP contribution >= 0.6 is 0 Å². The van der Waals surface area contributed by atoms with E-state index in [-0.39, 0.29) is 18.8 Å². The van der Waals surface area contributed by atoms with Gasteiger partial charge in [0.2, 0.25) is 0 Å². The molecule has 0 aliphatic carbocycles. The second-order valence-corrected chi connectivity index (χ2v) is 5.41. The van der Waals surface area contributed by atoms with E-state index < -0.39 is 10.4 Å². The summed E-state index contributed by atoms with van der Waals surface area (Å²) in [5.41, 5.74) is 1.07. The van der Waals surface area contributed by atoms with Crippen molar-refractivity contribution in [3.8, 4) is 0 Å². The third-order valence-corrected chi connectivity index (χ3v) is 3.21. The Hall–Kier alpha value is -0.990. The van der Waals surface area contributed by atoms with Gasteiger partial charge in [-0.2, -0.15) is 8.42 Å². The monoisotopic (exact) mass is 288 g/mol. The Balaban J connectivity index is 1.70. The van der Waals surface area contributed by atoms with Gasteiger partial charge in [0, 0.05) is 6.42 Å². The average molecular weight is 288 g/mol. The minimum atomic E-state index is -4.41. The minimum absolute atomic E-state index is 0.0878. The van der Waals surface area contributed by atoms with Crippen LogP contribution in [-0.4, -0.2) is 38.4 Å². The standard InChI is InChI=1S/C12H16O6S/c13-19(14,15)18-9-12-6-11(8-17-12)16-7-10-4-2-1-3-5-10/h1-5,11-12H,6-9H2,(H,13,14,15). The molecule has 2 rings (SSSR count). The highest BCUT2D eigenvalue weighted by atomic mass is 32.3. The molecule has 7 heteroatoms. The molecule has 19 heavy (non-hydrogen) atoms. The van der Waals surface area contributed by atoms with E-state index in [0.29, 0.717) is 19.6 Å². The normalized spacial score (nSPS) is 23.6. The van der Waals surface area contributed by atoms with Crippen LogP contribution in [0.4, 0.5) is 0 Å². The van der Waals surface area contributed by atoms with Crippen molar-refractivity contribution in [2.75, 3.05) is 13.2 Å². The van der Waals surface area contributed by atoms with Gasteiger partial charge >= 0.3 is 10.4 Å². The third kappa shape index (κ3) is 5.25. The molecule has 0 saturated carbocycles. The van der Waals surface area contributed by atoms with Gasteiger partial charge in [-0.1, -0.05) is 30.3 Å². The van der Waals surface area contributed by atoms with Crippen LogP contribution in [0.25, 0.3) is 0 Å². The fraction of sp³-hybridized carbons (Fsp3) is 0.500. The van der Waals surface area contributed by atoms with E-state index in [1.807, 2.05) is 30.3 Å². The van der Waals surface area contributed by atoms with E-state index in [0.717, 1.165) is 5.56 Å². The zero-order valence-electron chi connectivity index (χ0n) is 10.3. The first-order chi connectivity index (χ1) is 9.03. The Labute approximate surface area is 112 Å². The van der Waals surface area contributed by atoms with Crippen molar-refractivity contribution >= 4 is 10.4 Å². The maximum atomic E-state index is 10.4. The second kappa shape index (κ2) is 6.44. The predicted molar refractivity (Wildman–Crippen MR) is 66.9 cm³/mol. The molecule has 1 heterocycles. The molecule has 1 aromatic carbocycles. The largest absolute Gasteiger partial charge is 0.397 e. The lowest BCUT2D eigenvalue weighted by atomic mass is 10.2. The van der Waals surface area contributed by atoms with Gasteiger partial charge in [-0.15, -0.1) is 0 Å². The number of rotatable bonds is 6. The summed E-state index contributed by atoms with van der Waals surface area (Å²) in [5, 5.41) is 0. The zero-order chi connectivity index (χ0) is 13.7. The number of hydrogen-bond donors (Lipinski definition) is 1. The smallest absolute Gasteiger partial charge is 0.373 e. The Morgan fingerprint density at radius 2 is 2.05 bits per heavy atom. The summed E-state index contributed by atoms with van der Waals surface area (Å²) in [5.74, 6) is 0. The quantitative estimate of drug-likeness (QED) is 0.792. The predicted octanol–water partition coefficient (Wildman–Crippen LogP) is 1.18. The van der Waals surface area contributed by atoms with Crippen molar-refractivity contribution < 1.29 is 26.6 Å². The first-order valence-corrected chi connectivity index (χ1v) is 7.28. The second-order valence-electron chi connectivity index (χ2n) is 4.32. The van der Waals surface area contributed by atoms with E-state index in [4.69, 9.17) is 14.0 Å². The van der Waals surface area contributed by atoms with E-state index in [1.54, 1.807) is 0 Å². The van der Waals surface area contributed by atoms with Crippen molar-refractivity contribution in [2.45, 2.75) is 25.2 Å². The Morgan fingerprint density at radius 1 is 1.32 bits per heavy atom. The molecular formula is C12H16O6S. The molecule has 1 aliphatic rings. The van der Waals surface area contributed by atoms with Crippen molar-refractivity contribution in [3.05, 3.63) is 35.9 Å². The van der Waals surface area contributed by atoms with Gasteiger partial charge in [0.15, 0.2) is 0 Å². The van der Waals surface area contributed by atoms with Crippen LogP contribution in [0, 0.1) is 0 Å². The Morgan fingerprint density at radius 3 is 2.74 bits per heavy atom. The summed E-state index contributed by atoms with van der Waals surface area (Å²) in [6.45, 7) is 0.692. The molecule has 1 saturated heterocycles. The van der Waals surface area contributed by atoms with Crippen molar-refractivity contribution in [1.29, 1.82) is 0 Å². The first kappa shape index (κ1) is 14.4. The summed E-state index contributed by atoms with van der Waals surface area (Å²) in [6, 6.07) is 9.74. The molecule has 0 bridgehead atoms. The summed E-state index contributed by atoms with van der Waals surface area (Å²) < 4.78 is 44.6. The molecule has 6 nitrogen and oxygen atoms in total. The highest BCUT2D eigenvalue weighted by molar-refractivity contribution is 7.80. The lowest BCUT2D eigenvalue weighted by Crippen LogP contribution is -2.18. The molecule has 1 N–H and O–H groups in total. The summed E-state index contributed by atoms with van der Waals surface area (Å²) >= 11 is 0. The maximum absolute atomic E-state index is 10.4. The minimum Gasteiger partial charge on any atom is -0.373 e. The Bertz CT molecular complexity index is 486. The van der Waals surface area contributed by atoms with Gasteiger partial charge in [-0.3, -0.25) is 4.55 Å². The lowest BCUT2D eigenvalue weighted by molar-refractivity contribution is 0.0231. The molecule has 0 radical (unpaired) electrons. The lowest BCUT2D eigenvalue weighted by Gasteiger charge is -2.10. The zero-order valence-corrected chi connectivity index (χ0v) is 11.1. The van der Waals surface area contributed by atoms with E-state index in [1.165, 1.54) is 0 Å². The molecular weight excluding hydrogens is 272 g/mol. The third-order valence-electron chi connectivity index (χ3n) is 2.77. The van der Waals surface area contributed by atoms with Gasteiger partial charge < -0.3 is 9.47 Å². The first-order valence-electron chi connectivity index (χ1n) is 5.92. The van der Waals surface area contributed by atoms with Gasteiger partial charge in [-0.25, -0.2) is 4.18 Å². The summed E-state index contributed by atoms with van der Waals surface area (Å²) in [7, 11) is -4.41. The molecule has 2 atom stereocenters. The van der Waals surface area contributed by atoms with E-state index in [2.05, 4.69) is 4.18 Å². The topological polar surface area (TPSA) is 82.1 Å². The average Bonchev–Trinajstić information content (AvgIpc) is 2.82. The Kier molecular flexibility index (Phi) is 4.89. The van der Waals surface area contributed by atoms with Crippen molar-refractivity contribution in [2.24, 2.45) is 0 Å². The highest BCUT2D eigenvalue weighted by Crippen LogP contribution is 2.18. The van der Waals surface area contributed by atoms with Crippen LogP contribution in [0.5, 0.6) is 0 Å². The van der Waals surface area contributed by atoms with Crippen LogP contribution in [0.3, 0.4) is 0 Å². The van der Waals surface area contributed by atoms with E-state index in [9.17, 15) is 8.42 Å². The SMILES string of the molecule is O=S(=O)(O)OCC1CC(OCc2ccccc2)CO1. The van der Waals surface area contributed by atoms with Crippen LogP contribution in [0.1, 0.15) is 12.0 Å². The van der Waals surface area contributed by atoms with Crippen LogP contribution in [-0.2, 0) is 30.7 Å². The van der Waals surface area contributed by atoms with Gasteiger partial charge in [0.1, 0.15) is 0 Å². The van der Waals surface area contributed by atoms with Gasteiger partial charge in [0.25, 0.3) is 0 Å². The number of hydrogen-bond acceptors (Lipinski definition) is 5. The van der Waals surface area contributed by atoms with Crippen LogP contribution < -0.4 is 0 Å². The fourth-order valence-electron chi connectivity index (χ4n) is 1.86. The molecule has 0 aromatic heterocycles. The molecule has 1 aromatic rings. The van der Waals surface area contributed by atoms with Crippen LogP contribution in [0.15, 0.2) is 30.3 Å². The maximum Gasteiger partial charge on any atom is 0.397 e. The number of benzene rings is 1. The van der Waals surface area contributed by atoms with Gasteiger partial charge in [-0.05, 0) is 5.56 Å². The molecule has 1 aliphatic heterocycles. The molecule has 0 spiro atoms. The highest BCUT2D eigenvalue weighted by Gasteiger charge is 2.27. The summed E-state index contributed by atoms with van der Waals surface area (Å²) in [6.07, 6.45) is 0.0837. The van der Waals surface area contributed by atoms with Crippen LogP contribution in [0.2, 0.25) is 0 Å². The molecule has 2 unspecified atom stereocenters. The van der Waals surface area contributed by atoms with Gasteiger partial charge in [0.05, 0.1) is 32.0 Å². The number of ether oxygens (including phenoxy) is 2. The van der Waals surface area contributed by atoms with E-state index >= 15 is 0 Å². The fourth-order valence-corrected chi connectivity index (χ4v) is 2.18. The molecule has 106 valence electrons.